The van der Waals surface area contributed by atoms with Gasteiger partial charge in [0.2, 0.25) is 0 Å². The van der Waals surface area contributed by atoms with Crippen molar-refractivity contribution in [2.45, 2.75) is 45.2 Å². The Morgan fingerprint density at radius 3 is 2.51 bits per heavy atom. The number of nitrogens with zero attached hydrogens (tertiary/aromatic N) is 7. The zero-order valence-electron chi connectivity index (χ0n) is 33.1. The summed E-state index contributed by atoms with van der Waals surface area (Å²) in [5.41, 5.74) is 5.50. The fraction of sp³-hybridized carbons (Fsp3) is 0.326. The number of pyridine rings is 1. The van der Waals surface area contributed by atoms with Gasteiger partial charge in [0.05, 0.1) is 23.0 Å². The summed E-state index contributed by atoms with van der Waals surface area (Å²) in [6.45, 7) is 10.5. The first kappa shape index (κ1) is 39.8. The number of hydrogen-bond donors (Lipinski definition) is 1. The summed E-state index contributed by atoms with van der Waals surface area (Å²) in [5, 5.41) is 15.5. The van der Waals surface area contributed by atoms with Crippen molar-refractivity contribution < 1.29 is 24.2 Å². The van der Waals surface area contributed by atoms with Gasteiger partial charge in [0.25, 0.3) is 5.91 Å². The summed E-state index contributed by atoms with van der Waals surface area (Å²) in [5.74, 6) is 0.0280. The van der Waals surface area contributed by atoms with Gasteiger partial charge in [-0.3, -0.25) is 14.4 Å². The second-order valence-corrected chi connectivity index (χ2v) is 22.4. The number of ether oxygens (including phenoxy) is 2. The maximum absolute atomic E-state index is 14.6. The summed E-state index contributed by atoms with van der Waals surface area (Å²) in [6, 6.07) is 26.2. The van der Waals surface area contributed by atoms with Gasteiger partial charge in [0.15, 0.2) is 10.8 Å². The van der Waals surface area contributed by atoms with Crippen LogP contribution in [-0.4, -0.2) is 96.8 Å². The Kier molecular flexibility index (Phi) is 12.1. The Morgan fingerprint density at radius 1 is 0.947 bits per heavy atom. The van der Waals surface area contributed by atoms with Gasteiger partial charge in [-0.1, -0.05) is 67.4 Å². The number of carboxylic acid groups (broad SMARTS) is 1. The lowest BCUT2D eigenvalue weighted by Gasteiger charge is -2.32. The average Bonchev–Trinajstić information content (AvgIpc) is 3.84. The highest BCUT2D eigenvalue weighted by molar-refractivity contribution is 7.22. The number of carbonyl (C=O) groups excluding carboxylic acids is 1. The van der Waals surface area contributed by atoms with E-state index in [1.54, 1.807) is 21.8 Å². The largest absolute Gasteiger partial charge is 0.492 e. The number of fused-ring (bicyclic) bond motifs is 2. The summed E-state index contributed by atoms with van der Waals surface area (Å²) in [7, 11) is 2.68. The van der Waals surface area contributed by atoms with Gasteiger partial charge >= 0.3 is 5.97 Å². The molecule has 0 atom stereocenters. The molecule has 0 unspecified atom stereocenters. The van der Waals surface area contributed by atoms with E-state index in [0.29, 0.717) is 66.9 Å². The van der Waals surface area contributed by atoms with Crippen LogP contribution in [0.15, 0.2) is 91.3 Å². The van der Waals surface area contributed by atoms with Gasteiger partial charge in [0, 0.05) is 57.2 Å². The molecule has 7 rings (SSSR count). The Morgan fingerprint density at radius 2 is 1.75 bits per heavy atom. The van der Waals surface area contributed by atoms with Gasteiger partial charge in [-0.15, -0.1) is 0 Å². The predicted molar refractivity (Wildman–Crippen MR) is 229 cm³/mol. The molecule has 0 radical (unpaired) electrons. The average molecular weight is 804 g/mol. The number of thiazole rings is 1. The number of rotatable bonds is 16. The third-order valence-electron chi connectivity index (χ3n) is 9.91. The van der Waals surface area contributed by atoms with Crippen LogP contribution >= 0.6 is 11.3 Å². The van der Waals surface area contributed by atoms with Crippen molar-refractivity contribution in [1.29, 1.82) is 0 Å². The van der Waals surface area contributed by atoms with Gasteiger partial charge < -0.3 is 24.4 Å². The molecule has 0 spiro atoms. The van der Waals surface area contributed by atoms with E-state index in [0.717, 1.165) is 45.2 Å². The second-order valence-electron chi connectivity index (χ2n) is 15.8. The number of carboxylic acids is 1. The molecule has 0 aliphatic carbocycles. The third-order valence-corrected chi connectivity index (χ3v) is 12.7. The number of para-hydroxylation sites is 1. The van der Waals surface area contributed by atoms with E-state index in [1.165, 1.54) is 11.3 Å². The van der Waals surface area contributed by atoms with Crippen molar-refractivity contribution in [3.05, 3.63) is 119 Å². The highest BCUT2D eigenvalue weighted by Crippen LogP contribution is 2.33. The molecule has 12 nitrogen and oxygen atoms in total. The summed E-state index contributed by atoms with van der Waals surface area (Å²) in [6.07, 6.45) is 4.18. The van der Waals surface area contributed by atoms with Crippen LogP contribution in [0.4, 0.5) is 10.9 Å². The Bertz CT molecular complexity index is 2320. The van der Waals surface area contributed by atoms with Crippen LogP contribution in [-0.2, 0) is 24.2 Å². The molecule has 1 aliphatic rings. The third kappa shape index (κ3) is 9.76. The molecule has 1 aliphatic heterocycles. The minimum atomic E-state index is -1.34. The maximum atomic E-state index is 14.6. The molecule has 6 aromatic rings. The van der Waals surface area contributed by atoms with Crippen LogP contribution in [0.2, 0.25) is 25.7 Å². The molecule has 1 N–H and O–H groups in total. The maximum Gasteiger partial charge on any atom is 0.355 e. The van der Waals surface area contributed by atoms with E-state index in [9.17, 15) is 14.7 Å². The summed E-state index contributed by atoms with van der Waals surface area (Å²) in [4.78, 5) is 42.5. The number of hydrogen-bond acceptors (Lipinski definition) is 10. The standard InChI is InChI=1S/C43H49N7O5SSi/c1-47(2)21-22-55-33-15-13-30(14-16-33)26-49-27-32(25-44-49)34-17-18-39(46-40(34)42(52)53)48-20-19-31-9-8-10-35(36(31)28-48)41(51)50(29-54-23-24-57(3,4)5)43-45-37-11-6-7-12-38(37)56-43/h6-18,25,27H,19-24,26,28-29H2,1-5H3,(H,52,53). The molecule has 3 aromatic carbocycles. The zero-order chi connectivity index (χ0) is 40.1. The van der Waals surface area contributed by atoms with Gasteiger partial charge in [-0.25, -0.2) is 14.8 Å². The highest BCUT2D eigenvalue weighted by Gasteiger charge is 2.29. The van der Waals surface area contributed by atoms with Crippen molar-refractivity contribution in [2.24, 2.45) is 0 Å². The number of amides is 1. The van der Waals surface area contributed by atoms with Crippen LogP contribution in [0.3, 0.4) is 0 Å². The smallest absolute Gasteiger partial charge is 0.355 e. The van der Waals surface area contributed by atoms with Crippen LogP contribution < -0.4 is 14.5 Å². The molecule has 14 heteroatoms. The molecule has 296 valence electrons. The SMILES string of the molecule is CN(C)CCOc1ccc(Cn2cc(-c3ccc(N4CCc5cccc(C(=O)N(COCC[Si](C)(C)C)c6nc7ccccc7s6)c5C4)nc3C(=O)O)cn2)cc1. The summed E-state index contributed by atoms with van der Waals surface area (Å²) < 4.78 is 14.7. The number of aromatic carboxylic acids is 1. The van der Waals surface area contributed by atoms with Crippen LogP contribution in [0.5, 0.6) is 5.75 Å². The van der Waals surface area contributed by atoms with E-state index in [1.807, 2.05) is 91.9 Å². The first-order valence-corrected chi connectivity index (χ1v) is 23.7. The van der Waals surface area contributed by atoms with E-state index in [4.69, 9.17) is 14.5 Å². The van der Waals surface area contributed by atoms with Gasteiger partial charge in [-0.2, -0.15) is 5.10 Å². The lowest BCUT2D eigenvalue weighted by Crippen LogP contribution is -2.37. The Balaban J connectivity index is 1.09. The molecule has 0 saturated carbocycles. The number of benzene rings is 3. The Hall–Kier alpha value is -5.41. The molecule has 0 saturated heterocycles. The van der Waals surface area contributed by atoms with E-state index in [2.05, 4.69) is 40.7 Å². The predicted octanol–water partition coefficient (Wildman–Crippen LogP) is 7.76. The molecule has 1 amide bonds. The van der Waals surface area contributed by atoms with Crippen LogP contribution in [0.1, 0.15) is 37.5 Å². The number of likely N-dealkylation sites (N-methyl/N-ethyl adjacent to an activating group) is 1. The van der Waals surface area contributed by atoms with Gasteiger partial charge in [0.1, 0.15) is 24.9 Å². The fourth-order valence-corrected chi connectivity index (χ4v) is 8.37. The molecule has 57 heavy (non-hydrogen) atoms. The van der Waals surface area contributed by atoms with E-state index < -0.39 is 14.0 Å². The number of anilines is 2. The minimum Gasteiger partial charge on any atom is -0.492 e. The highest BCUT2D eigenvalue weighted by atomic mass is 32.1. The lowest BCUT2D eigenvalue weighted by atomic mass is 9.94. The van der Waals surface area contributed by atoms with Crippen molar-refractivity contribution in [3.8, 4) is 16.9 Å². The quantitative estimate of drug-likeness (QED) is 0.0590. The second kappa shape index (κ2) is 17.4. The topological polar surface area (TPSA) is 126 Å². The van der Waals surface area contributed by atoms with E-state index in [-0.39, 0.29) is 18.3 Å². The van der Waals surface area contributed by atoms with Crippen molar-refractivity contribution in [1.82, 2.24) is 24.6 Å². The lowest BCUT2D eigenvalue weighted by molar-refractivity contribution is 0.0691. The fourth-order valence-electron chi connectivity index (χ4n) is 6.67. The number of carbonyl (C=O) groups is 2. The zero-order valence-corrected chi connectivity index (χ0v) is 35.0. The van der Waals surface area contributed by atoms with Gasteiger partial charge in [-0.05, 0) is 85.7 Å². The molecule has 3 aromatic heterocycles. The van der Waals surface area contributed by atoms with Crippen molar-refractivity contribution in [3.63, 3.8) is 0 Å². The monoisotopic (exact) mass is 803 g/mol. The van der Waals surface area contributed by atoms with Crippen molar-refractivity contribution in [2.75, 3.05) is 56.9 Å². The summed E-state index contributed by atoms with van der Waals surface area (Å²) >= 11 is 1.47. The number of aromatic nitrogens is 4. The Labute approximate surface area is 338 Å². The van der Waals surface area contributed by atoms with E-state index >= 15 is 0 Å². The first-order chi connectivity index (χ1) is 27.4. The molecule has 4 heterocycles. The molecular weight excluding hydrogens is 755 g/mol. The van der Waals surface area contributed by atoms with Crippen LogP contribution in [0.25, 0.3) is 21.3 Å². The van der Waals surface area contributed by atoms with Crippen molar-refractivity contribution >= 4 is 52.5 Å². The molecular formula is C43H49N7O5SSi. The minimum absolute atomic E-state index is 0.0566. The molecule has 0 fully saturated rings. The first-order valence-electron chi connectivity index (χ1n) is 19.2. The van der Waals surface area contributed by atoms with Crippen LogP contribution in [0, 0.1) is 0 Å². The molecule has 0 bridgehead atoms. The normalized spacial score (nSPS) is 12.9.